The number of amides is 1. The molecule has 1 N–H and O–H groups in total. The lowest BCUT2D eigenvalue weighted by Gasteiger charge is -2.31. The predicted molar refractivity (Wildman–Crippen MR) is 110 cm³/mol. The highest BCUT2D eigenvalue weighted by Crippen LogP contribution is 2.24. The van der Waals surface area contributed by atoms with Crippen LogP contribution >= 0.6 is 11.6 Å². The quantitative estimate of drug-likeness (QED) is 0.767. The molecular formula is C22H27ClN2O2. The summed E-state index contributed by atoms with van der Waals surface area (Å²) in [6.07, 6.45) is 1.76. The summed E-state index contributed by atoms with van der Waals surface area (Å²) in [5.74, 6) is 1.09. The molecule has 5 heteroatoms. The molecule has 0 bridgehead atoms. The number of hydrogen-bond acceptors (Lipinski definition) is 3. The second-order valence-corrected chi connectivity index (χ2v) is 7.52. The zero-order valence-corrected chi connectivity index (χ0v) is 16.8. The third kappa shape index (κ3) is 5.47. The topological polar surface area (TPSA) is 41.6 Å². The van der Waals surface area contributed by atoms with E-state index in [1.54, 1.807) is 0 Å². The number of aryl methyl sites for hydroxylation is 1. The molecule has 2 aromatic rings. The number of rotatable bonds is 6. The SMILES string of the molecule is CCOc1cccc(CN2CCC(C(=O)Nc3ccc(Cl)cc3C)CC2)c1. The maximum Gasteiger partial charge on any atom is 0.227 e. The molecule has 0 spiro atoms. The lowest BCUT2D eigenvalue weighted by molar-refractivity contribution is -0.121. The third-order valence-electron chi connectivity index (χ3n) is 5.02. The summed E-state index contributed by atoms with van der Waals surface area (Å²) in [7, 11) is 0. The van der Waals surface area contributed by atoms with Gasteiger partial charge in [-0.3, -0.25) is 9.69 Å². The van der Waals surface area contributed by atoms with Crippen molar-refractivity contribution in [2.45, 2.75) is 33.2 Å². The Bertz CT molecular complexity index is 786. The monoisotopic (exact) mass is 386 g/mol. The average Bonchev–Trinajstić information content (AvgIpc) is 2.65. The molecule has 0 unspecified atom stereocenters. The highest BCUT2D eigenvalue weighted by Gasteiger charge is 2.25. The van der Waals surface area contributed by atoms with E-state index in [1.807, 2.05) is 44.2 Å². The third-order valence-corrected chi connectivity index (χ3v) is 5.26. The van der Waals surface area contributed by atoms with Crippen molar-refractivity contribution in [2.75, 3.05) is 25.0 Å². The molecule has 0 atom stereocenters. The molecule has 144 valence electrons. The van der Waals surface area contributed by atoms with Gasteiger partial charge in [0.2, 0.25) is 5.91 Å². The van der Waals surface area contributed by atoms with Gasteiger partial charge in [-0.15, -0.1) is 0 Å². The largest absolute Gasteiger partial charge is 0.494 e. The number of piperidine rings is 1. The Morgan fingerprint density at radius 1 is 1.22 bits per heavy atom. The van der Waals surface area contributed by atoms with Gasteiger partial charge in [0.25, 0.3) is 0 Å². The van der Waals surface area contributed by atoms with Gasteiger partial charge in [-0.2, -0.15) is 0 Å². The molecular weight excluding hydrogens is 360 g/mol. The van der Waals surface area contributed by atoms with E-state index in [-0.39, 0.29) is 11.8 Å². The van der Waals surface area contributed by atoms with Crippen LogP contribution in [0.4, 0.5) is 5.69 Å². The van der Waals surface area contributed by atoms with E-state index in [1.165, 1.54) is 5.56 Å². The first-order chi connectivity index (χ1) is 13.0. The molecule has 0 aliphatic carbocycles. The molecule has 1 saturated heterocycles. The maximum atomic E-state index is 12.6. The number of carbonyl (C=O) groups excluding carboxylic acids is 1. The first-order valence-electron chi connectivity index (χ1n) is 9.56. The molecule has 3 rings (SSSR count). The van der Waals surface area contributed by atoms with Gasteiger partial charge in [-0.25, -0.2) is 0 Å². The summed E-state index contributed by atoms with van der Waals surface area (Å²) in [6, 6.07) is 13.8. The van der Waals surface area contributed by atoms with Gasteiger partial charge in [0.15, 0.2) is 0 Å². The van der Waals surface area contributed by atoms with Gasteiger partial charge in [0.05, 0.1) is 6.61 Å². The number of nitrogens with zero attached hydrogens (tertiary/aromatic N) is 1. The number of halogens is 1. The van der Waals surface area contributed by atoms with Crippen LogP contribution < -0.4 is 10.1 Å². The molecule has 1 fully saturated rings. The van der Waals surface area contributed by atoms with Crippen LogP contribution in [-0.4, -0.2) is 30.5 Å². The number of likely N-dealkylation sites (tertiary alicyclic amines) is 1. The van der Waals surface area contributed by atoms with Gasteiger partial charge >= 0.3 is 0 Å². The number of hydrogen-bond donors (Lipinski definition) is 1. The maximum absolute atomic E-state index is 12.6. The molecule has 1 amide bonds. The molecule has 0 radical (unpaired) electrons. The van der Waals surface area contributed by atoms with Gasteiger partial charge in [-0.1, -0.05) is 23.7 Å². The fourth-order valence-corrected chi connectivity index (χ4v) is 3.74. The molecule has 0 aromatic heterocycles. The Labute approximate surface area is 166 Å². The molecule has 27 heavy (non-hydrogen) atoms. The number of carbonyl (C=O) groups is 1. The Balaban J connectivity index is 1.51. The normalized spacial score (nSPS) is 15.5. The van der Waals surface area contributed by atoms with Crippen LogP contribution in [0, 0.1) is 12.8 Å². The second-order valence-electron chi connectivity index (χ2n) is 7.08. The first kappa shape index (κ1) is 19.7. The predicted octanol–water partition coefficient (Wildman–Crippen LogP) is 4.90. The standard InChI is InChI=1S/C22H27ClN2O2/c1-3-27-20-6-4-5-17(14-20)15-25-11-9-18(10-12-25)22(26)24-21-8-7-19(23)13-16(21)2/h4-8,13-14,18H,3,9-12,15H2,1-2H3,(H,24,26). The Kier molecular flexibility index (Phi) is 6.75. The zero-order valence-electron chi connectivity index (χ0n) is 16.0. The van der Waals surface area contributed by atoms with E-state index in [9.17, 15) is 4.79 Å². The fourth-order valence-electron chi connectivity index (χ4n) is 3.51. The van der Waals surface area contributed by atoms with Crippen LogP contribution in [0.2, 0.25) is 5.02 Å². The van der Waals surface area contributed by atoms with Crippen LogP contribution in [0.1, 0.15) is 30.9 Å². The van der Waals surface area contributed by atoms with Crippen LogP contribution in [-0.2, 0) is 11.3 Å². The number of benzene rings is 2. The fraction of sp³-hybridized carbons (Fsp3) is 0.409. The molecule has 1 heterocycles. The summed E-state index contributed by atoms with van der Waals surface area (Å²) in [6.45, 7) is 7.38. The average molecular weight is 387 g/mol. The van der Waals surface area contributed by atoms with Crippen LogP contribution in [0.3, 0.4) is 0 Å². The summed E-state index contributed by atoms with van der Waals surface area (Å²) in [4.78, 5) is 15.0. The molecule has 1 aliphatic heterocycles. The number of anilines is 1. The van der Waals surface area contributed by atoms with Gasteiger partial charge in [-0.05, 0) is 81.2 Å². The van der Waals surface area contributed by atoms with Gasteiger partial charge in [0, 0.05) is 23.2 Å². The van der Waals surface area contributed by atoms with E-state index in [0.717, 1.165) is 49.5 Å². The van der Waals surface area contributed by atoms with Crippen molar-refractivity contribution in [3.8, 4) is 5.75 Å². The second kappa shape index (κ2) is 9.25. The highest BCUT2D eigenvalue weighted by molar-refractivity contribution is 6.30. The van der Waals surface area contributed by atoms with Crippen LogP contribution in [0.5, 0.6) is 5.75 Å². The molecule has 1 aliphatic rings. The lowest BCUT2D eigenvalue weighted by Crippen LogP contribution is -2.37. The number of nitrogens with one attached hydrogen (secondary N) is 1. The van der Waals surface area contributed by atoms with Crippen molar-refractivity contribution < 1.29 is 9.53 Å². The van der Waals surface area contributed by atoms with E-state index in [2.05, 4.69) is 22.3 Å². The van der Waals surface area contributed by atoms with Gasteiger partial charge < -0.3 is 10.1 Å². The summed E-state index contributed by atoms with van der Waals surface area (Å²) < 4.78 is 5.58. The van der Waals surface area contributed by atoms with E-state index in [4.69, 9.17) is 16.3 Å². The van der Waals surface area contributed by atoms with Crippen molar-refractivity contribution in [1.29, 1.82) is 0 Å². The Morgan fingerprint density at radius 2 is 2.00 bits per heavy atom. The Hall–Kier alpha value is -2.04. The van der Waals surface area contributed by atoms with Crippen molar-refractivity contribution >= 4 is 23.2 Å². The zero-order chi connectivity index (χ0) is 19.2. The molecule has 4 nitrogen and oxygen atoms in total. The Morgan fingerprint density at radius 3 is 2.70 bits per heavy atom. The smallest absolute Gasteiger partial charge is 0.227 e. The molecule has 2 aromatic carbocycles. The number of ether oxygens (including phenoxy) is 1. The van der Waals surface area contributed by atoms with Crippen molar-refractivity contribution in [3.63, 3.8) is 0 Å². The molecule has 0 saturated carbocycles. The minimum Gasteiger partial charge on any atom is -0.494 e. The first-order valence-corrected chi connectivity index (χ1v) is 9.94. The van der Waals surface area contributed by atoms with Crippen LogP contribution in [0.15, 0.2) is 42.5 Å². The highest BCUT2D eigenvalue weighted by atomic mass is 35.5. The van der Waals surface area contributed by atoms with Crippen molar-refractivity contribution in [1.82, 2.24) is 4.90 Å². The van der Waals surface area contributed by atoms with E-state index < -0.39 is 0 Å². The van der Waals surface area contributed by atoms with Crippen LogP contribution in [0.25, 0.3) is 0 Å². The minimum atomic E-state index is 0.0612. The summed E-state index contributed by atoms with van der Waals surface area (Å²) in [5.41, 5.74) is 3.09. The lowest BCUT2D eigenvalue weighted by atomic mass is 9.95. The van der Waals surface area contributed by atoms with Crippen molar-refractivity contribution in [3.05, 3.63) is 58.6 Å². The van der Waals surface area contributed by atoms with Gasteiger partial charge in [0.1, 0.15) is 5.75 Å². The van der Waals surface area contributed by atoms with Crippen molar-refractivity contribution in [2.24, 2.45) is 5.92 Å². The van der Waals surface area contributed by atoms with E-state index in [0.29, 0.717) is 11.6 Å². The van der Waals surface area contributed by atoms with E-state index >= 15 is 0 Å². The minimum absolute atomic E-state index is 0.0612. The summed E-state index contributed by atoms with van der Waals surface area (Å²) >= 11 is 5.99. The summed E-state index contributed by atoms with van der Waals surface area (Å²) in [5, 5.41) is 3.75.